The first-order valence-electron chi connectivity index (χ1n) is 13.6. The van der Waals surface area contributed by atoms with Crippen LogP contribution in [0.4, 0.5) is 10.2 Å². The molecule has 4 aromatic rings. The minimum absolute atomic E-state index is 0.0903. The van der Waals surface area contributed by atoms with E-state index in [-0.39, 0.29) is 46.4 Å². The number of rotatable bonds is 7. The van der Waals surface area contributed by atoms with Crippen molar-refractivity contribution in [1.29, 1.82) is 0 Å². The van der Waals surface area contributed by atoms with Gasteiger partial charge in [-0.3, -0.25) is 4.79 Å². The SMILES string of the molecule is CCOC(=O)[C@H]1C2CCC(CC2)[C@@H]1Nc1nc(-c2c[nH]c3ncc(Cl)nc23)nc(-c2ccc(C3CC3)s2)c1F. The summed E-state index contributed by atoms with van der Waals surface area (Å²) >= 11 is 7.72. The zero-order chi connectivity index (χ0) is 26.7. The van der Waals surface area contributed by atoms with Crippen LogP contribution in [-0.2, 0) is 9.53 Å². The van der Waals surface area contributed by atoms with Crippen LogP contribution in [0, 0.1) is 23.6 Å². The molecule has 4 saturated carbocycles. The number of halogens is 2. The summed E-state index contributed by atoms with van der Waals surface area (Å²) in [7, 11) is 0. The first-order valence-corrected chi connectivity index (χ1v) is 14.8. The van der Waals surface area contributed by atoms with Gasteiger partial charge in [0.25, 0.3) is 0 Å². The highest BCUT2D eigenvalue weighted by Crippen LogP contribution is 2.48. The molecule has 4 aliphatic carbocycles. The van der Waals surface area contributed by atoms with Crippen molar-refractivity contribution in [2.45, 2.75) is 57.4 Å². The third kappa shape index (κ3) is 4.47. The van der Waals surface area contributed by atoms with Crippen molar-refractivity contribution in [3.8, 4) is 22.0 Å². The van der Waals surface area contributed by atoms with Gasteiger partial charge in [-0.1, -0.05) is 11.6 Å². The van der Waals surface area contributed by atoms with Gasteiger partial charge in [-0.05, 0) is 75.3 Å². The Labute approximate surface area is 233 Å². The molecule has 4 fully saturated rings. The van der Waals surface area contributed by atoms with Gasteiger partial charge in [0, 0.05) is 17.1 Å². The second-order valence-corrected chi connectivity index (χ2v) is 12.3. The minimum atomic E-state index is -0.518. The Balaban J connectivity index is 1.34. The van der Waals surface area contributed by atoms with Crippen LogP contribution in [0.2, 0.25) is 5.15 Å². The summed E-state index contributed by atoms with van der Waals surface area (Å²) in [6.07, 6.45) is 9.49. The summed E-state index contributed by atoms with van der Waals surface area (Å²) in [6.45, 7) is 2.14. The molecule has 2 bridgehead atoms. The average molecular weight is 567 g/mol. The lowest BCUT2D eigenvalue weighted by atomic mass is 9.61. The second kappa shape index (κ2) is 9.82. The molecule has 202 valence electrons. The van der Waals surface area contributed by atoms with Crippen molar-refractivity contribution >= 4 is 45.9 Å². The molecule has 39 heavy (non-hydrogen) atoms. The summed E-state index contributed by atoms with van der Waals surface area (Å²) < 4.78 is 21.8. The number of anilines is 1. The highest BCUT2D eigenvalue weighted by Gasteiger charge is 2.48. The Morgan fingerprint density at radius 1 is 1.15 bits per heavy atom. The van der Waals surface area contributed by atoms with Gasteiger partial charge in [-0.15, -0.1) is 11.3 Å². The molecule has 0 saturated heterocycles. The topological polar surface area (TPSA) is 106 Å². The summed E-state index contributed by atoms with van der Waals surface area (Å²) in [5.41, 5.74) is 1.86. The number of esters is 1. The summed E-state index contributed by atoms with van der Waals surface area (Å²) in [4.78, 5) is 36.2. The van der Waals surface area contributed by atoms with Crippen LogP contribution in [0.25, 0.3) is 33.1 Å². The number of fused-ring (bicyclic) bond motifs is 4. The molecular formula is C28H28ClFN6O2S. The number of nitrogens with one attached hydrogen (secondary N) is 2. The van der Waals surface area contributed by atoms with Crippen LogP contribution in [0.3, 0.4) is 0 Å². The van der Waals surface area contributed by atoms with Gasteiger partial charge < -0.3 is 15.0 Å². The third-order valence-corrected chi connectivity index (χ3v) is 9.80. The van der Waals surface area contributed by atoms with Crippen LogP contribution in [0.15, 0.2) is 24.5 Å². The van der Waals surface area contributed by atoms with E-state index in [0.29, 0.717) is 35.1 Å². The molecule has 4 heterocycles. The van der Waals surface area contributed by atoms with Gasteiger partial charge in [-0.2, -0.15) is 0 Å². The Morgan fingerprint density at radius 3 is 2.72 bits per heavy atom. The normalized spacial score (nSPS) is 24.3. The van der Waals surface area contributed by atoms with Crippen molar-refractivity contribution in [1.82, 2.24) is 24.9 Å². The minimum Gasteiger partial charge on any atom is -0.466 e. The maximum Gasteiger partial charge on any atom is 0.311 e. The zero-order valence-corrected chi connectivity index (χ0v) is 23.0. The fourth-order valence-corrected chi connectivity index (χ4v) is 7.62. The number of hydrogen-bond donors (Lipinski definition) is 2. The number of carbonyl (C=O) groups excluding carboxylic acids is 1. The Bertz CT molecular complexity index is 1560. The molecule has 2 atom stereocenters. The van der Waals surface area contributed by atoms with Crippen molar-refractivity contribution in [3.05, 3.63) is 40.4 Å². The number of aromatic amines is 1. The molecule has 11 heteroatoms. The van der Waals surface area contributed by atoms with E-state index in [2.05, 4.69) is 31.3 Å². The monoisotopic (exact) mass is 566 g/mol. The number of aromatic nitrogens is 5. The zero-order valence-electron chi connectivity index (χ0n) is 21.4. The molecule has 0 unspecified atom stereocenters. The molecule has 0 spiro atoms. The lowest BCUT2D eigenvalue weighted by Crippen LogP contribution is -2.52. The van der Waals surface area contributed by atoms with Crippen LogP contribution in [-0.4, -0.2) is 43.5 Å². The van der Waals surface area contributed by atoms with Gasteiger partial charge in [0.05, 0.1) is 29.2 Å². The van der Waals surface area contributed by atoms with Crippen molar-refractivity contribution < 1.29 is 13.9 Å². The fourth-order valence-electron chi connectivity index (χ4n) is 6.33. The van der Waals surface area contributed by atoms with Crippen LogP contribution >= 0.6 is 22.9 Å². The van der Waals surface area contributed by atoms with E-state index in [0.717, 1.165) is 30.6 Å². The standard InChI is InChI=1S/C28H28ClFN6O2S/c1-2-38-28(37)20-14-5-7-15(8-6-14)22(20)34-26-21(30)24(18-10-9-17(39-18)13-3-4-13)35-25(36-26)16-11-31-27-23(16)33-19(29)12-32-27/h9-15,20,22H,2-8H2,1H3,(H,31,32)(H,34,35,36)/t14?,15?,20-,22-/m0/s1. The lowest BCUT2D eigenvalue weighted by Gasteiger charge is -2.47. The van der Waals surface area contributed by atoms with E-state index in [9.17, 15) is 4.79 Å². The maximum atomic E-state index is 16.3. The quantitative estimate of drug-likeness (QED) is 0.243. The summed E-state index contributed by atoms with van der Waals surface area (Å²) in [5.74, 6) is 0.356. The highest BCUT2D eigenvalue weighted by atomic mass is 35.5. The van der Waals surface area contributed by atoms with E-state index in [4.69, 9.17) is 21.3 Å². The van der Waals surface area contributed by atoms with Crippen molar-refractivity contribution in [3.63, 3.8) is 0 Å². The smallest absolute Gasteiger partial charge is 0.311 e. The largest absolute Gasteiger partial charge is 0.466 e. The van der Waals surface area contributed by atoms with Crippen LogP contribution < -0.4 is 5.32 Å². The number of thiophene rings is 1. The molecule has 0 amide bonds. The lowest BCUT2D eigenvalue weighted by molar-refractivity contribution is -0.154. The fraction of sp³-hybridized carbons (Fsp3) is 0.464. The molecule has 4 aromatic heterocycles. The van der Waals surface area contributed by atoms with Gasteiger partial charge >= 0.3 is 5.97 Å². The van der Waals surface area contributed by atoms with Crippen LogP contribution in [0.1, 0.15) is 56.2 Å². The molecule has 0 aliphatic heterocycles. The van der Waals surface area contributed by atoms with E-state index < -0.39 is 5.82 Å². The maximum absolute atomic E-state index is 16.3. The number of nitrogens with zero attached hydrogens (tertiary/aromatic N) is 4. The highest BCUT2D eigenvalue weighted by molar-refractivity contribution is 7.15. The van der Waals surface area contributed by atoms with Gasteiger partial charge in [0.15, 0.2) is 23.1 Å². The predicted octanol–water partition coefficient (Wildman–Crippen LogP) is 6.59. The Kier molecular flexibility index (Phi) is 6.27. The van der Waals surface area contributed by atoms with E-state index in [1.807, 2.05) is 13.0 Å². The third-order valence-electron chi connectivity index (χ3n) is 8.36. The molecule has 2 N–H and O–H groups in total. The Hall–Kier alpha value is -3.11. The average Bonchev–Trinajstić information content (AvgIpc) is 3.53. The number of H-pyrrole nitrogens is 1. The molecule has 0 aromatic carbocycles. The summed E-state index contributed by atoms with van der Waals surface area (Å²) in [6, 6.07) is 3.75. The Morgan fingerprint density at radius 2 is 1.95 bits per heavy atom. The molecular weight excluding hydrogens is 539 g/mol. The number of carbonyl (C=O) groups is 1. The number of ether oxygens (including phenoxy) is 1. The molecule has 0 radical (unpaired) electrons. The first kappa shape index (κ1) is 24.9. The van der Waals surface area contributed by atoms with Gasteiger partial charge in [0.1, 0.15) is 16.4 Å². The number of hydrogen-bond acceptors (Lipinski definition) is 8. The van der Waals surface area contributed by atoms with E-state index >= 15 is 4.39 Å². The second-order valence-electron chi connectivity index (χ2n) is 10.7. The summed E-state index contributed by atoms with van der Waals surface area (Å²) in [5, 5.41) is 3.63. The molecule has 8 rings (SSSR count). The predicted molar refractivity (Wildman–Crippen MR) is 148 cm³/mol. The van der Waals surface area contributed by atoms with E-state index in [1.165, 1.54) is 23.9 Å². The van der Waals surface area contributed by atoms with Crippen molar-refractivity contribution in [2.24, 2.45) is 17.8 Å². The molecule has 8 nitrogen and oxygen atoms in total. The van der Waals surface area contributed by atoms with Crippen molar-refractivity contribution in [2.75, 3.05) is 11.9 Å². The first-order chi connectivity index (χ1) is 19.0. The van der Waals surface area contributed by atoms with E-state index in [1.54, 1.807) is 17.5 Å². The van der Waals surface area contributed by atoms with Gasteiger partial charge in [0.2, 0.25) is 0 Å². The molecule has 4 aliphatic rings. The van der Waals surface area contributed by atoms with Crippen LogP contribution in [0.5, 0.6) is 0 Å². The van der Waals surface area contributed by atoms with Gasteiger partial charge in [-0.25, -0.2) is 24.3 Å².